The van der Waals surface area contributed by atoms with E-state index >= 15 is 0 Å². The smallest absolute Gasteiger partial charge is 0.326 e. The Morgan fingerprint density at radius 1 is 1.42 bits per heavy atom. The average molecular weight is 335 g/mol. The van der Waals surface area contributed by atoms with Crippen LogP contribution in [0.1, 0.15) is 43.5 Å². The lowest BCUT2D eigenvalue weighted by atomic mass is 10.0. The van der Waals surface area contributed by atoms with Crippen LogP contribution in [0.3, 0.4) is 0 Å². The first-order valence-electron chi connectivity index (χ1n) is 8.34. The number of carbonyl (C=O) groups is 2. The van der Waals surface area contributed by atoms with Crippen molar-refractivity contribution >= 4 is 11.9 Å². The lowest BCUT2D eigenvalue weighted by Crippen LogP contribution is -2.41. The molecule has 2 unspecified atom stereocenters. The van der Waals surface area contributed by atoms with Gasteiger partial charge in [-0.2, -0.15) is 0 Å². The van der Waals surface area contributed by atoms with Crippen LogP contribution in [-0.4, -0.2) is 42.3 Å². The third-order valence-corrected chi connectivity index (χ3v) is 3.87. The largest absolute Gasteiger partial charge is 0.491 e. The Balaban J connectivity index is 1.95. The molecular formula is C18H25NO5. The number of hydrogen-bond donors (Lipinski definition) is 2. The maximum absolute atomic E-state index is 12.3. The molecule has 1 saturated heterocycles. The van der Waals surface area contributed by atoms with E-state index in [1.165, 1.54) is 0 Å². The van der Waals surface area contributed by atoms with Gasteiger partial charge in [-0.1, -0.05) is 19.9 Å². The summed E-state index contributed by atoms with van der Waals surface area (Å²) in [6.07, 6.45) is 2.51. The molecule has 1 aromatic carbocycles. The molecule has 132 valence electrons. The summed E-state index contributed by atoms with van der Waals surface area (Å²) in [4.78, 5) is 23.6. The van der Waals surface area contributed by atoms with Gasteiger partial charge in [0.15, 0.2) is 0 Å². The zero-order chi connectivity index (χ0) is 17.5. The minimum atomic E-state index is -1.03. The van der Waals surface area contributed by atoms with Gasteiger partial charge >= 0.3 is 5.97 Å². The highest BCUT2D eigenvalue weighted by Gasteiger charge is 2.22. The minimum absolute atomic E-state index is 0.102. The number of carbonyl (C=O) groups excluding carboxylic acids is 1. The van der Waals surface area contributed by atoms with Crippen molar-refractivity contribution in [1.29, 1.82) is 0 Å². The quantitative estimate of drug-likeness (QED) is 0.762. The number of aliphatic carboxylic acids is 1. The second-order valence-corrected chi connectivity index (χ2v) is 6.47. The van der Waals surface area contributed by atoms with Crippen molar-refractivity contribution in [2.24, 2.45) is 5.92 Å². The van der Waals surface area contributed by atoms with Crippen LogP contribution in [0, 0.1) is 5.92 Å². The molecule has 6 nitrogen and oxygen atoms in total. The molecule has 1 aromatic rings. The Hall–Kier alpha value is -2.08. The van der Waals surface area contributed by atoms with Gasteiger partial charge in [-0.25, -0.2) is 4.79 Å². The van der Waals surface area contributed by atoms with E-state index in [9.17, 15) is 14.7 Å². The number of nitrogens with one attached hydrogen (secondary N) is 1. The summed E-state index contributed by atoms with van der Waals surface area (Å²) in [5.74, 6) is -0.685. The Kier molecular flexibility index (Phi) is 6.61. The maximum atomic E-state index is 12.3. The molecule has 6 heteroatoms. The zero-order valence-electron chi connectivity index (χ0n) is 14.2. The number of rotatable bonds is 8. The molecule has 0 radical (unpaired) electrons. The maximum Gasteiger partial charge on any atom is 0.326 e. The van der Waals surface area contributed by atoms with E-state index in [-0.39, 0.29) is 12.0 Å². The highest BCUT2D eigenvalue weighted by molar-refractivity contribution is 5.96. The molecule has 1 fully saturated rings. The molecular weight excluding hydrogens is 310 g/mol. The van der Waals surface area contributed by atoms with Gasteiger partial charge in [0.2, 0.25) is 0 Å². The van der Waals surface area contributed by atoms with Crippen molar-refractivity contribution in [1.82, 2.24) is 5.32 Å². The molecule has 0 bridgehead atoms. The van der Waals surface area contributed by atoms with E-state index in [0.29, 0.717) is 24.3 Å². The molecule has 0 aliphatic carbocycles. The van der Waals surface area contributed by atoms with Crippen LogP contribution >= 0.6 is 0 Å². The Morgan fingerprint density at radius 3 is 2.83 bits per heavy atom. The predicted molar refractivity (Wildman–Crippen MR) is 89.3 cm³/mol. The summed E-state index contributed by atoms with van der Waals surface area (Å²) in [6, 6.07) is 5.86. The molecule has 1 amide bonds. The molecule has 24 heavy (non-hydrogen) atoms. The summed E-state index contributed by atoms with van der Waals surface area (Å²) in [6.45, 7) is 5.06. The molecule has 2 atom stereocenters. The number of ether oxygens (including phenoxy) is 2. The number of hydrogen-bond acceptors (Lipinski definition) is 4. The molecule has 1 aliphatic rings. The molecule has 2 N–H and O–H groups in total. The van der Waals surface area contributed by atoms with Crippen LogP contribution in [-0.2, 0) is 9.53 Å². The van der Waals surface area contributed by atoms with E-state index in [2.05, 4.69) is 5.32 Å². The van der Waals surface area contributed by atoms with Crippen molar-refractivity contribution in [2.75, 3.05) is 13.2 Å². The van der Waals surface area contributed by atoms with Gasteiger partial charge in [-0.15, -0.1) is 0 Å². The number of carboxylic acids is 1. The van der Waals surface area contributed by atoms with Gasteiger partial charge in [-0.05, 0) is 43.4 Å². The first kappa shape index (κ1) is 18.3. The molecule has 0 saturated carbocycles. The average Bonchev–Trinajstić information content (AvgIpc) is 3.05. The van der Waals surface area contributed by atoms with Crippen LogP contribution < -0.4 is 10.1 Å². The van der Waals surface area contributed by atoms with Crippen molar-refractivity contribution in [2.45, 2.75) is 45.3 Å². The van der Waals surface area contributed by atoms with Crippen molar-refractivity contribution in [3.8, 4) is 5.75 Å². The fourth-order valence-electron chi connectivity index (χ4n) is 2.63. The second-order valence-electron chi connectivity index (χ2n) is 6.47. The van der Waals surface area contributed by atoms with E-state index in [0.717, 1.165) is 19.4 Å². The van der Waals surface area contributed by atoms with Gasteiger partial charge < -0.3 is 19.9 Å². The summed E-state index contributed by atoms with van der Waals surface area (Å²) in [5, 5.41) is 11.8. The number of amides is 1. The topological polar surface area (TPSA) is 84.9 Å². The lowest BCUT2D eigenvalue weighted by molar-refractivity contribution is -0.139. The standard InChI is InChI=1S/C18H25NO5/c1-12(2)9-16(18(21)22)19-17(20)13-5-3-6-14(10-13)24-11-15-7-4-8-23-15/h3,5-6,10,12,15-16H,4,7-9,11H2,1-2H3,(H,19,20)(H,21,22). The number of benzene rings is 1. The van der Waals surface area contributed by atoms with Crippen LogP contribution in [0.25, 0.3) is 0 Å². The number of carboxylic acid groups (broad SMARTS) is 1. The fraction of sp³-hybridized carbons (Fsp3) is 0.556. The van der Waals surface area contributed by atoms with Crippen LogP contribution in [0.15, 0.2) is 24.3 Å². The van der Waals surface area contributed by atoms with Crippen LogP contribution in [0.5, 0.6) is 5.75 Å². The zero-order valence-corrected chi connectivity index (χ0v) is 14.2. The molecule has 0 spiro atoms. The Morgan fingerprint density at radius 2 is 2.21 bits per heavy atom. The second kappa shape index (κ2) is 8.68. The molecule has 2 rings (SSSR count). The van der Waals surface area contributed by atoms with Crippen molar-refractivity contribution < 1.29 is 24.2 Å². The van der Waals surface area contributed by atoms with Gasteiger partial charge in [0, 0.05) is 12.2 Å². The first-order valence-corrected chi connectivity index (χ1v) is 8.34. The summed E-state index contributed by atoms with van der Waals surface area (Å²) >= 11 is 0. The fourth-order valence-corrected chi connectivity index (χ4v) is 2.63. The molecule has 0 aromatic heterocycles. The van der Waals surface area contributed by atoms with Gasteiger partial charge in [0.1, 0.15) is 18.4 Å². The third-order valence-electron chi connectivity index (χ3n) is 3.87. The van der Waals surface area contributed by atoms with E-state index in [4.69, 9.17) is 9.47 Å². The highest BCUT2D eigenvalue weighted by atomic mass is 16.5. The highest BCUT2D eigenvalue weighted by Crippen LogP contribution is 2.17. The van der Waals surface area contributed by atoms with Crippen molar-refractivity contribution in [3.05, 3.63) is 29.8 Å². The van der Waals surface area contributed by atoms with E-state index in [1.807, 2.05) is 13.8 Å². The SMILES string of the molecule is CC(C)CC(NC(=O)c1cccc(OCC2CCCO2)c1)C(=O)O. The van der Waals surface area contributed by atoms with E-state index in [1.54, 1.807) is 24.3 Å². The first-order chi connectivity index (χ1) is 11.5. The van der Waals surface area contributed by atoms with Gasteiger partial charge in [-0.3, -0.25) is 4.79 Å². The summed E-state index contributed by atoms with van der Waals surface area (Å²) < 4.78 is 11.2. The summed E-state index contributed by atoms with van der Waals surface area (Å²) in [7, 11) is 0. The predicted octanol–water partition coefficient (Wildman–Crippen LogP) is 2.47. The van der Waals surface area contributed by atoms with Crippen molar-refractivity contribution in [3.63, 3.8) is 0 Å². The lowest BCUT2D eigenvalue weighted by Gasteiger charge is -2.17. The Labute approximate surface area is 142 Å². The Bertz CT molecular complexity index is 566. The van der Waals surface area contributed by atoms with Gasteiger partial charge in [0.25, 0.3) is 5.91 Å². The van der Waals surface area contributed by atoms with Crippen LogP contribution in [0.2, 0.25) is 0 Å². The molecule has 1 aliphatic heterocycles. The monoisotopic (exact) mass is 335 g/mol. The van der Waals surface area contributed by atoms with Gasteiger partial charge in [0.05, 0.1) is 6.10 Å². The molecule has 1 heterocycles. The minimum Gasteiger partial charge on any atom is -0.491 e. The third kappa shape index (κ3) is 5.53. The summed E-state index contributed by atoms with van der Waals surface area (Å²) in [5.41, 5.74) is 0.384. The van der Waals surface area contributed by atoms with E-state index < -0.39 is 17.9 Å². The van der Waals surface area contributed by atoms with Crippen LogP contribution in [0.4, 0.5) is 0 Å². The normalized spacial score (nSPS) is 18.4.